The lowest BCUT2D eigenvalue weighted by molar-refractivity contribution is 0.0276. The number of methoxy groups -OCH3 is 1. The topological polar surface area (TPSA) is 81.4 Å². The van der Waals surface area contributed by atoms with Gasteiger partial charge in [-0.05, 0) is 47.5 Å². The van der Waals surface area contributed by atoms with Crippen molar-refractivity contribution in [3.63, 3.8) is 0 Å². The van der Waals surface area contributed by atoms with Gasteiger partial charge < -0.3 is 10.5 Å². The molecule has 1 rings (SSSR count). The van der Waals surface area contributed by atoms with Crippen molar-refractivity contribution in [3.05, 3.63) is 28.2 Å². The van der Waals surface area contributed by atoms with Gasteiger partial charge in [-0.3, -0.25) is 0 Å². The van der Waals surface area contributed by atoms with E-state index in [-0.39, 0.29) is 11.4 Å². The van der Waals surface area contributed by atoms with Crippen LogP contribution in [-0.2, 0) is 21.3 Å². The van der Waals surface area contributed by atoms with Crippen molar-refractivity contribution in [2.45, 2.75) is 30.9 Å². The van der Waals surface area contributed by atoms with Gasteiger partial charge in [0.1, 0.15) is 0 Å². The lowest BCUT2D eigenvalue weighted by atomic mass is 10.1. The first kappa shape index (κ1) is 16.6. The molecule has 108 valence electrons. The van der Waals surface area contributed by atoms with Crippen LogP contribution in [0, 0.1) is 0 Å². The number of halogens is 1. The summed E-state index contributed by atoms with van der Waals surface area (Å²) in [5, 5.41) is 0. The zero-order chi connectivity index (χ0) is 14.7. The number of hydrogen-bond donors (Lipinski definition) is 2. The van der Waals surface area contributed by atoms with Gasteiger partial charge in [-0.25, -0.2) is 13.1 Å². The Bertz CT molecular complexity index is 544. The van der Waals surface area contributed by atoms with Gasteiger partial charge in [0.2, 0.25) is 10.0 Å². The molecule has 1 aromatic carbocycles. The van der Waals surface area contributed by atoms with E-state index >= 15 is 0 Å². The van der Waals surface area contributed by atoms with Crippen molar-refractivity contribution < 1.29 is 13.2 Å². The average molecular weight is 351 g/mol. The van der Waals surface area contributed by atoms with E-state index in [9.17, 15) is 8.42 Å². The number of benzene rings is 1. The van der Waals surface area contributed by atoms with Gasteiger partial charge >= 0.3 is 0 Å². The van der Waals surface area contributed by atoms with Crippen LogP contribution in [0.25, 0.3) is 0 Å². The fraction of sp³-hybridized carbons (Fsp3) is 0.500. The Balaban J connectivity index is 3.00. The van der Waals surface area contributed by atoms with E-state index in [1.54, 1.807) is 39.2 Å². The fourth-order valence-corrected chi connectivity index (χ4v) is 3.51. The van der Waals surface area contributed by atoms with Gasteiger partial charge in [0, 0.05) is 24.7 Å². The zero-order valence-electron chi connectivity index (χ0n) is 11.2. The molecule has 19 heavy (non-hydrogen) atoms. The molecule has 0 unspecified atom stereocenters. The van der Waals surface area contributed by atoms with Crippen molar-refractivity contribution >= 4 is 26.0 Å². The fourth-order valence-electron chi connectivity index (χ4n) is 1.30. The van der Waals surface area contributed by atoms with Crippen LogP contribution in [0.4, 0.5) is 0 Å². The summed E-state index contributed by atoms with van der Waals surface area (Å²) >= 11 is 3.24. The Hall–Kier alpha value is -0.470. The van der Waals surface area contributed by atoms with Crippen molar-refractivity contribution in [2.24, 2.45) is 5.73 Å². The molecule has 3 N–H and O–H groups in total. The molecular weight excluding hydrogens is 332 g/mol. The second kappa shape index (κ2) is 6.32. The van der Waals surface area contributed by atoms with Crippen LogP contribution in [-0.4, -0.2) is 27.7 Å². The van der Waals surface area contributed by atoms with E-state index in [0.717, 1.165) is 5.56 Å². The Morgan fingerprint density at radius 2 is 2.05 bits per heavy atom. The quantitative estimate of drug-likeness (QED) is 0.816. The van der Waals surface area contributed by atoms with Gasteiger partial charge in [0.05, 0.1) is 10.5 Å². The molecule has 0 aliphatic heterocycles. The van der Waals surface area contributed by atoms with E-state index < -0.39 is 15.6 Å². The van der Waals surface area contributed by atoms with Gasteiger partial charge in [-0.1, -0.05) is 6.07 Å². The Morgan fingerprint density at radius 1 is 1.42 bits per heavy atom. The normalized spacial score (nSPS) is 12.7. The summed E-state index contributed by atoms with van der Waals surface area (Å²) in [7, 11) is -2.06. The lowest BCUT2D eigenvalue weighted by Gasteiger charge is -2.23. The third-order valence-corrected chi connectivity index (χ3v) is 5.16. The van der Waals surface area contributed by atoms with Crippen LogP contribution < -0.4 is 10.5 Å². The maximum Gasteiger partial charge on any atom is 0.241 e. The van der Waals surface area contributed by atoms with Crippen LogP contribution in [0.5, 0.6) is 0 Å². The standard InChI is InChI=1S/C12H19BrN2O3S/c1-12(2,18-3)8-15-19(16,17)11-6-9(7-14)4-5-10(11)13/h4-6,15H,7-8,14H2,1-3H3. The van der Waals surface area contributed by atoms with E-state index in [1.807, 2.05) is 0 Å². The SMILES string of the molecule is COC(C)(C)CNS(=O)(=O)c1cc(CN)ccc1Br. The number of rotatable bonds is 6. The molecule has 0 aromatic heterocycles. The third-order valence-electron chi connectivity index (χ3n) is 2.76. The number of hydrogen-bond acceptors (Lipinski definition) is 4. The molecule has 0 fully saturated rings. The van der Waals surface area contributed by atoms with Gasteiger partial charge in [0.15, 0.2) is 0 Å². The van der Waals surface area contributed by atoms with Crippen molar-refractivity contribution in [1.82, 2.24) is 4.72 Å². The molecule has 0 spiro atoms. The zero-order valence-corrected chi connectivity index (χ0v) is 13.6. The first-order chi connectivity index (χ1) is 8.72. The van der Waals surface area contributed by atoms with E-state index in [4.69, 9.17) is 10.5 Å². The predicted molar refractivity (Wildman–Crippen MR) is 78.3 cm³/mol. The highest BCUT2D eigenvalue weighted by Crippen LogP contribution is 2.23. The Labute approximate surface area is 122 Å². The monoisotopic (exact) mass is 350 g/mol. The van der Waals surface area contributed by atoms with Crippen LogP contribution in [0.1, 0.15) is 19.4 Å². The number of sulfonamides is 1. The molecule has 0 atom stereocenters. The highest BCUT2D eigenvalue weighted by Gasteiger charge is 2.23. The maximum atomic E-state index is 12.2. The van der Waals surface area contributed by atoms with Crippen LogP contribution in [0.15, 0.2) is 27.6 Å². The molecule has 7 heteroatoms. The predicted octanol–water partition coefficient (Wildman–Crippen LogP) is 1.61. The first-order valence-corrected chi connectivity index (χ1v) is 8.03. The Kier molecular flexibility index (Phi) is 5.52. The molecule has 5 nitrogen and oxygen atoms in total. The van der Waals surface area contributed by atoms with Gasteiger partial charge in [-0.15, -0.1) is 0 Å². The molecular formula is C12H19BrN2O3S. The van der Waals surface area contributed by atoms with Crippen molar-refractivity contribution in [2.75, 3.05) is 13.7 Å². The summed E-state index contributed by atoms with van der Waals surface area (Å²) in [5.41, 5.74) is 5.72. The lowest BCUT2D eigenvalue weighted by Crippen LogP contribution is -2.39. The van der Waals surface area contributed by atoms with Crippen LogP contribution in [0.3, 0.4) is 0 Å². The second-order valence-electron chi connectivity index (χ2n) is 4.76. The van der Waals surface area contributed by atoms with Crippen LogP contribution >= 0.6 is 15.9 Å². The second-order valence-corrected chi connectivity index (χ2v) is 7.35. The number of nitrogens with two attached hydrogens (primary N) is 1. The molecule has 1 aromatic rings. The Morgan fingerprint density at radius 3 is 2.58 bits per heavy atom. The molecule has 0 aliphatic carbocycles. The van der Waals surface area contributed by atoms with Gasteiger partial charge in [-0.2, -0.15) is 0 Å². The molecule has 0 aliphatic rings. The van der Waals surface area contributed by atoms with Crippen molar-refractivity contribution in [3.8, 4) is 0 Å². The third kappa shape index (κ3) is 4.54. The van der Waals surface area contributed by atoms with Crippen molar-refractivity contribution in [1.29, 1.82) is 0 Å². The number of ether oxygens (including phenoxy) is 1. The smallest absolute Gasteiger partial charge is 0.241 e. The van der Waals surface area contributed by atoms with E-state index in [2.05, 4.69) is 20.7 Å². The minimum Gasteiger partial charge on any atom is -0.377 e. The summed E-state index contributed by atoms with van der Waals surface area (Å²) in [5.74, 6) is 0. The average Bonchev–Trinajstić information content (AvgIpc) is 2.37. The highest BCUT2D eigenvalue weighted by atomic mass is 79.9. The summed E-state index contributed by atoms with van der Waals surface area (Å²) in [6, 6.07) is 5.02. The minimum atomic E-state index is -3.60. The molecule has 0 heterocycles. The van der Waals surface area contributed by atoms with Crippen LogP contribution in [0.2, 0.25) is 0 Å². The molecule has 0 amide bonds. The molecule has 0 saturated carbocycles. The van der Waals surface area contributed by atoms with E-state index in [1.165, 1.54) is 0 Å². The number of nitrogens with one attached hydrogen (secondary N) is 1. The summed E-state index contributed by atoms with van der Waals surface area (Å²) in [6.45, 7) is 4.09. The van der Waals surface area contributed by atoms with Gasteiger partial charge in [0.25, 0.3) is 0 Å². The molecule has 0 radical (unpaired) electrons. The molecule has 0 bridgehead atoms. The minimum absolute atomic E-state index is 0.183. The largest absolute Gasteiger partial charge is 0.377 e. The van der Waals surface area contributed by atoms with E-state index in [0.29, 0.717) is 11.0 Å². The molecule has 0 saturated heterocycles. The summed E-state index contributed by atoms with van der Waals surface area (Å²) < 4.78 is 32.7. The summed E-state index contributed by atoms with van der Waals surface area (Å²) in [6.07, 6.45) is 0. The summed E-state index contributed by atoms with van der Waals surface area (Å²) in [4.78, 5) is 0.183. The highest BCUT2D eigenvalue weighted by molar-refractivity contribution is 9.10. The first-order valence-electron chi connectivity index (χ1n) is 5.75. The maximum absolute atomic E-state index is 12.2.